The number of hydrogen-bond acceptors (Lipinski definition) is 2. The summed E-state index contributed by atoms with van der Waals surface area (Å²) in [5, 5.41) is 2.51. The molecule has 0 amide bonds. The Kier molecular flexibility index (Phi) is 5.02. The van der Waals surface area contributed by atoms with Gasteiger partial charge in [-0.25, -0.2) is 0 Å². The maximum atomic E-state index is 6.31. The molecule has 2 nitrogen and oxygen atoms in total. The fourth-order valence-corrected chi connectivity index (χ4v) is 2.67. The average Bonchev–Trinajstić information content (AvgIpc) is 2.46. The van der Waals surface area contributed by atoms with Gasteiger partial charge >= 0.3 is 0 Å². The van der Waals surface area contributed by atoms with Crippen LogP contribution in [-0.2, 0) is 6.42 Å². The van der Waals surface area contributed by atoms with E-state index >= 15 is 0 Å². The number of ether oxygens (including phenoxy) is 1. The van der Waals surface area contributed by atoms with Gasteiger partial charge in [-0.1, -0.05) is 44.5 Å². The van der Waals surface area contributed by atoms with E-state index in [2.05, 4.69) is 44.2 Å². The predicted octanol–water partition coefficient (Wildman–Crippen LogP) is 4.15. The molecule has 20 heavy (non-hydrogen) atoms. The van der Waals surface area contributed by atoms with E-state index in [1.165, 1.54) is 22.8 Å². The molecule has 0 aliphatic rings. The van der Waals surface area contributed by atoms with Crippen molar-refractivity contribution in [3.8, 4) is 5.75 Å². The number of fused-ring (bicyclic) bond motifs is 1. The molecule has 0 aromatic heterocycles. The van der Waals surface area contributed by atoms with E-state index < -0.39 is 0 Å². The summed E-state index contributed by atoms with van der Waals surface area (Å²) in [5.74, 6) is 1.59. The zero-order valence-electron chi connectivity index (χ0n) is 12.7. The lowest BCUT2D eigenvalue weighted by atomic mass is 9.93. The molecule has 2 rings (SSSR count). The quantitative estimate of drug-likeness (QED) is 0.856. The van der Waals surface area contributed by atoms with Gasteiger partial charge in [0.25, 0.3) is 0 Å². The molecule has 0 aliphatic carbocycles. The van der Waals surface area contributed by atoms with Crippen molar-refractivity contribution in [3.63, 3.8) is 0 Å². The van der Waals surface area contributed by atoms with Gasteiger partial charge < -0.3 is 10.5 Å². The largest absolute Gasteiger partial charge is 0.497 e. The summed E-state index contributed by atoms with van der Waals surface area (Å²) in [6, 6.07) is 12.9. The van der Waals surface area contributed by atoms with Crippen LogP contribution in [0.3, 0.4) is 0 Å². The van der Waals surface area contributed by atoms with Crippen LogP contribution in [0, 0.1) is 5.92 Å². The smallest absolute Gasteiger partial charge is 0.119 e. The van der Waals surface area contributed by atoms with Crippen molar-refractivity contribution in [2.45, 2.75) is 39.2 Å². The first kappa shape index (κ1) is 14.9. The van der Waals surface area contributed by atoms with Crippen LogP contribution >= 0.6 is 0 Å². The van der Waals surface area contributed by atoms with Crippen molar-refractivity contribution in [2.75, 3.05) is 7.11 Å². The van der Waals surface area contributed by atoms with Gasteiger partial charge in [0.2, 0.25) is 0 Å². The minimum Gasteiger partial charge on any atom is -0.497 e. The standard InChI is InChI=1S/C18H25NO/c1-4-13(2)10-16(19)11-15-7-5-6-14-8-9-17(20-3)12-18(14)15/h5-9,12-13,16H,4,10-11,19H2,1-3H3. The summed E-state index contributed by atoms with van der Waals surface area (Å²) >= 11 is 0. The summed E-state index contributed by atoms with van der Waals surface area (Å²) in [6.45, 7) is 4.49. The molecule has 108 valence electrons. The Morgan fingerprint density at radius 3 is 2.70 bits per heavy atom. The molecule has 0 aliphatic heterocycles. The van der Waals surface area contributed by atoms with Crippen molar-refractivity contribution < 1.29 is 4.74 Å². The number of nitrogens with two attached hydrogens (primary N) is 1. The van der Waals surface area contributed by atoms with Crippen molar-refractivity contribution >= 4 is 10.8 Å². The molecule has 0 saturated carbocycles. The highest BCUT2D eigenvalue weighted by Crippen LogP contribution is 2.25. The van der Waals surface area contributed by atoms with Crippen LogP contribution in [0.5, 0.6) is 5.75 Å². The van der Waals surface area contributed by atoms with Crippen molar-refractivity contribution in [1.29, 1.82) is 0 Å². The van der Waals surface area contributed by atoms with Crippen LogP contribution < -0.4 is 10.5 Å². The molecule has 0 fully saturated rings. The molecule has 0 spiro atoms. The van der Waals surface area contributed by atoms with Crippen molar-refractivity contribution in [2.24, 2.45) is 11.7 Å². The highest BCUT2D eigenvalue weighted by molar-refractivity contribution is 5.87. The van der Waals surface area contributed by atoms with Crippen LogP contribution in [0.4, 0.5) is 0 Å². The number of benzene rings is 2. The van der Waals surface area contributed by atoms with Crippen LogP contribution in [-0.4, -0.2) is 13.2 Å². The lowest BCUT2D eigenvalue weighted by molar-refractivity contribution is 0.415. The van der Waals surface area contributed by atoms with E-state index in [9.17, 15) is 0 Å². The molecule has 2 aromatic carbocycles. The third kappa shape index (κ3) is 3.51. The molecule has 2 unspecified atom stereocenters. The molecular weight excluding hydrogens is 246 g/mol. The first-order valence-corrected chi connectivity index (χ1v) is 7.45. The second-order valence-electron chi connectivity index (χ2n) is 5.72. The number of hydrogen-bond donors (Lipinski definition) is 1. The van der Waals surface area contributed by atoms with Gasteiger partial charge in [-0.05, 0) is 47.2 Å². The van der Waals surface area contributed by atoms with Gasteiger partial charge in [-0.2, -0.15) is 0 Å². The van der Waals surface area contributed by atoms with Gasteiger partial charge in [-0.3, -0.25) is 0 Å². The van der Waals surface area contributed by atoms with Crippen LogP contribution in [0.1, 0.15) is 32.3 Å². The van der Waals surface area contributed by atoms with Gasteiger partial charge in [0.05, 0.1) is 7.11 Å². The maximum absolute atomic E-state index is 6.31. The van der Waals surface area contributed by atoms with E-state index in [0.717, 1.165) is 18.6 Å². The Labute approximate surface area is 121 Å². The van der Waals surface area contributed by atoms with E-state index in [-0.39, 0.29) is 6.04 Å². The van der Waals surface area contributed by atoms with Crippen molar-refractivity contribution in [1.82, 2.24) is 0 Å². The third-order valence-corrected chi connectivity index (χ3v) is 4.06. The Morgan fingerprint density at radius 2 is 2.00 bits per heavy atom. The van der Waals surface area contributed by atoms with E-state index in [4.69, 9.17) is 10.5 Å². The minimum absolute atomic E-state index is 0.224. The van der Waals surface area contributed by atoms with E-state index in [1.54, 1.807) is 7.11 Å². The Morgan fingerprint density at radius 1 is 1.20 bits per heavy atom. The van der Waals surface area contributed by atoms with Gasteiger partial charge in [-0.15, -0.1) is 0 Å². The normalized spacial score (nSPS) is 14.2. The number of rotatable bonds is 6. The summed E-state index contributed by atoms with van der Waals surface area (Å²) in [6.07, 6.45) is 3.20. The topological polar surface area (TPSA) is 35.2 Å². The first-order valence-electron chi connectivity index (χ1n) is 7.45. The molecular formula is C18H25NO. The zero-order chi connectivity index (χ0) is 14.5. The molecule has 0 saturated heterocycles. The lowest BCUT2D eigenvalue weighted by Gasteiger charge is -2.17. The van der Waals surface area contributed by atoms with Crippen molar-refractivity contribution in [3.05, 3.63) is 42.0 Å². The second-order valence-corrected chi connectivity index (χ2v) is 5.72. The molecule has 0 radical (unpaired) electrons. The van der Waals surface area contributed by atoms with E-state index in [1.807, 2.05) is 6.07 Å². The maximum Gasteiger partial charge on any atom is 0.119 e. The third-order valence-electron chi connectivity index (χ3n) is 4.06. The number of methoxy groups -OCH3 is 1. The van der Waals surface area contributed by atoms with Gasteiger partial charge in [0, 0.05) is 6.04 Å². The predicted molar refractivity (Wildman–Crippen MR) is 86.3 cm³/mol. The Bertz CT molecular complexity index is 564. The fourth-order valence-electron chi connectivity index (χ4n) is 2.67. The highest BCUT2D eigenvalue weighted by Gasteiger charge is 2.11. The fraction of sp³-hybridized carbons (Fsp3) is 0.444. The van der Waals surface area contributed by atoms with Gasteiger partial charge in [0.15, 0.2) is 0 Å². The SMILES string of the molecule is CCC(C)CC(N)Cc1cccc2ccc(OC)cc12. The first-order chi connectivity index (χ1) is 9.63. The van der Waals surface area contributed by atoms with Crippen LogP contribution in [0.15, 0.2) is 36.4 Å². The summed E-state index contributed by atoms with van der Waals surface area (Å²) in [7, 11) is 1.71. The minimum atomic E-state index is 0.224. The van der Waals surface area contributed by atoms with Crippen LogP contribution in [0.2, 0.25) is 0 Å². The Hall–Kier alpha value is -1.54. The summed E-state index contributed by atoms with van der Waals surface area (Å²) < 4.78 is 5.33. The molecule has 2 aromatic rings. The van der Waals surface area contributed by atoms with Gasteiger partial charge in [0.1, 0.15) is 5.75 Å². The highest BCUT2D eigenvalue weighted by atomic mass is 16.5. The molecule has 0 heterocycles. The van der Waals surface area contributed by atoms with E-state index in [0.29, 0.717) is 5.92 Å². The summed E-state index contributed by atoms with van der Waals surface area (Å²) in [5.41, 5.74) is 7.63. The zero-order valence-corrected chi connectivity index (χ0v) is 12.7. The van der Waals surface area contributed by atoms with Crippen LogP contribution in [0.25, 0.3) is 10.8 Å². The Balaban J connectivity index is 2.24. The lowest BCUT2D eigenvalue weighted by Crippen LogP contribution is -2.25. The monoisotopic (exact) mass is 271 g/mol. The average molecular weight is 271 g/mol. The molecule has 2 atom stereocenters. The molecule has 0 bridgehead atoms. The summed E-state index contributed by atoms with van der Waals surface area (Å²) in [4.78, 5) is 0. The molecule has 2 heteroatoms. The second kappa shape index (κ2) is 6.76. The molecule has 2 N–H and O–H groups in total.